The van der Waals surface area contributed by atoms with Gasteiger partial charge in [-0.25, -0.2) is 0 Å². The lowest BCUT2D eigenvalue weighted by Gasteiger charge is -2.01. The van der Waals surface area contributed by atoms with Gasteiger partial charge in [0.1, 0.15) is 0 Å². The Kier molecular flexibility index (Phi) is 2.49. The van der Waals surface area contributed by atoms with Gasteiger partial charge in [-0.05, 0) is 30.2 Å². The number of aliphatic carboxylic acids is 1. The number of fused-ring (bicyclic) bond motifs is 1. The van der Waals surface area contributed by atoms with E-state index in [1.54, 1.807) is 18.2 Å². The number of carbonyl (C=O) groups is 2. The van der Waals surface area contributed by atoms with Crippen LogP contribution in [0.2, 0.25) is 5.02 Å². The predicted octanol–water partition coefficient (Wildman–Crippen LogP) is 2.17. The third-order valence-corrected chi connectivity index (χ3v) is 2.83. The van der Waals surface area contributed by atoms with Gasteiger partial charge in [-0.15, -0.1) is 0 Å². The minimum Gasteiger partial charge on any atom is -0.481 e. The summed E-state index contributed by atoms with van der Waals surface area (Å²) >= 11 is 5.80. The van der Waals surface area contributed by atoms with Crippen LogP contribution in [0.4, 0.5) is 0 Å². The van der Waals surface area contributed by atoms with E-state index in [0.717, 1.165) is 5.56 Å². The number of Topliss-reactive ketones (excluding diaryl/α,β-unsaturated/α-hetero) is 1. The first-order valence-electron chi connectivity index (χ1n) is 4.62. The summed E-state index contributed by atoms with van der Waals surface area (Å²) in [6, 6.07) is 5.06. The van der Waals surface area contributed by atoms with Gasteiger partial charge in [-0.3, -0.25) is 9.59 Å². The van der Waals surface area contributed by atoms with Gasteiger partial charge in [0.25, 0.3) is 0 Å². The van der Waals surface area contributed by atoms with Crippen molar-refractivity contribution in [1.29, 1.82) is 0 Å². The Hall–Kier alpha value is -1.35. The number of ketones is 1. The molecule has 1 unspecified atom stereocenters. The largest absolute Gasteiger partial charge is 0.481 e. The fraction of sp³-hybridized carbons (Fsp3) is 0.273. The molecular weight excluding hydrogens is 216 g/mol. The van der Waals surface area contributed by atoms with Gasteiger partial charge in [-0.1, -0.05) is 11.6 Å². The van der Waals surface area contributed by atoms with E-state index in [-0.39, 0.29) is 12.2 Å². The monoisotopic (exact) mass is 224 g/mol. The van der Waals surface area contributed by atoms with Crippen LogP contribution in [0.1, 0.15) is 22.3 Å². The lowest BCUT2D eigenvalue weighted by atomic mass is 10.0. The van der Waals surface area contributed by atoms with Gasteiger partial charge in [0.05, 0.1) is 6.42 Å². The Morgan fingerprint density at radius 3 is 2.93 bits per heavy atom. The van der Waals surface area contributed by atoms with Crippen LogP contribution in [0, 0.1) is 5.92 Å². The average molecular weight is 225 g/mol. The fourth-order valence-electron chi connectivity index (χ4n) is 1.93. The molecular formula is C11H9ClO3. The van der Waals surface area contributed by atoms with Crippen LogP contribution in [0.15, 0.2) is 18.2 Å². The summed E-state index contributed by atoms with van der Waals surface area (Å²) in [5.74, 6) is -1.44. The second kappa shape index (κ2) is 3.66. The number of carboxylic acids is 1. The molecule has 0 fully saturated rings. The van der Waals surface area contributed by atoms with Crippen molar-refractivity contribution < 1.29 is 14.7 Å². The van der Waals surface area contributed by atoms with Gasteiger partial charge in [0.2, 0.25) is 0 Å². The van der Waals surface area contributed by atoms with E-state index in [2.05, 4.69) is 0 Å². The minimum atomic E-state index is -0.938. The van der Waals surface area contributed by atoms with E-state index in [4.69, 9.17) is 16.7 Å². The Morgan fingerprint density at radius 1 is 1.53 bits per heavy atom. The zero-order valence-corrected chi connectivity index (χ0v) is 8.62. The molecule has 78 valence electrons. The lowest BCUT2D eigenvalue weighted by molar-refractivity contribution is -0.137. The molecule has 1 aromatic carbocycles. The highest BCUT2D eigenvalue weighted by molar-refractivity contribution is 6.30. The molecule has 0 aromatic heterocycles. The first-order chi connectivity index (χ1) is 7.08. The van der Waals surface area contributed by atoms with Crippen molar-refractivity contribution in [3.8, 4) is 0 Å². The van der Waals surface area contributed by atoms with Crippen LogP contribution in [0.5, 0.6) is 0 Å². The Balaban J connectivity index is 2.29. The van der Waals surface area contributed by atoms with Crippen LogP contribution < -0.4 is 0 Å². The van der Waals surface area contributed by atoms with Crippen molar-refractivity contribution in [3.05, 3.63) is 34.3 Å². The van der Waals surface area contributed by atoms with Crippen molar-refractivity contribution in [2.45, 2.75) is 12.8 Å². The molecule has 3 nitrogen and oxygen atoms in total. The number of carboxylic acid groups (broad SMARTS) is 1. The molecule has 0 bridgehead atoms. The first kappa shape index (κ1) is 10.2. The topological polar surface area (TPSA) is 54.4 Å². The van der Waals surface area contributed by atoms with E-state index < -0.39 is 11.9 Å². The third kappa shape index (κ3) is 1.88. The standard InChI is InChI=1S/C11H9ClO3/c12-8-1-2-9-6(4-8)3-7(11(9)15)5-10(13)14/h1-2,4,7H,3,5H2,(H,13,14). The summed E-state index contributed by atoms with van der Waals surface area (Å²) in [4.78, 5) is 22.3. The Labute approximate surface area is 91.7 Å². The number of hydrogen-bond donors (Lipinski definition) is 1. The molecule has 1 atom stereocenters. The van der Waals surface area contributed by atoms with E-state index in [0.29, 0.717) is 17.0 Å². The van der Waals surface area contributed by atoms with E-state index >= 15 is 0 Å². The molecule has 1 aliphatic carbocycles. The van der Waals surface area contributed by atoms with Crippen molar-refractivity contribution in [2.24, 2.45) is 5.92 Å². The molecule has 0 amide bonds. The summed E-state index contributed by atoms with van der Waals surface area (Å²) in [5, 5.41) is 9.23. The fourth-order valence-corrected chi connectivity index (χ4v) is 2.12. The summed E-state index contributed by atoms with van der Waals surface area (Å²) in [5.41, 5.74) is 1.48. The summed E-state index contributed by atoms with van der Waals surface area (Å²) in [6.45, 7) is 0. The van der Waals surface area contributed by atoms with E-state index in [1.807, 2.05) is 0 Å². The van der Waals surface area contributed by atoms with Gasteiger partial charge >= 0.3 is 5.97 Å². The second-order valence-electron chi connectivity index (χ2n) is 3.66. The quantitative estimate of drug-likeness (QED) is 0.838. The zero-order valence-electron chi connectivity index (χ0n) is 7.87. The van der Waals surface area contributed by atoms with Crippen molar-refractivity contribution in [3.63, 3.8) is 0 Å². The normalized spacial score (nSPS) is 19.0. The molecule has 4 heteroatoms. The molecule has 0 heterocycles. The number of carbonyl (C=O) groups excluding carboxylic acids is 1. The second-order valence-corrected chi connectivity index (χ2v) is 4.10. The van der Waals surface area contributed by atoms with E-state index in [1.165, 1.54) is 0 Å². The molecule has 0 aliphatic heterocycles. The molecule has 1 aromatic rings. The molecule has 2 rings (SSSR count). The number of hydrogen-bond acceptors (Lipinski definition) is 2. The van der Waals surface area contributed by atoms with Crippen molar-refractivity contribution >= 4 is 23.4 Å². The van der Waals surface area contributed by atoms with Crippen molar-refractivity contribution in [1.82, 2.24) is 0 Å². The molecule has 0 saturated heterocycles. The smallest absolute Gasteiger partial charge is 0.304 e. The summed E-state index contributed by atoms with van der Waals surface area (Å²) in [6.07, 6.45) is 0.381. The average Bonchev–Trinajstić information content (AvgIpc) is 2.42. The van der Waals surface area contributed by atoms with Gasteiger partial charge in [0.15, 0.2) is 5.78 Å². The summed E-state index contributed by atoms with van der Waals surface area (Å²) < 4.78 is 0. The Morgan fingerprint density at radius 2 is 2.27 bits per heavy atom. The maximum Gasteiger partial charge on any atom is 0.304 e. The van der Waals surface area contributed by atoms with Crippen LogP contribution in [0.25, 0.3) is 0 Å². The highest BCUT2D eigenvalue weighted by Crippen LogP contribution is 2.30. The lowest BCUT2D eigenvalue weighted by Crippen LogP contribution is -2.13. The molecule has 0 saturated carbocycles. The number of rotatable bonds is 2. The summed E-state index contributed by atoms with van der Waals surface area (Å²) in [7, 11) is 0. The third-order valence-electron chi connectivity index (χ3n) is 2.59. The number of benzene rings is 1. The maximum absolute atomic E-state index is 11.7. The van der Waals surface area contributed by atoms with Crippen LogP contribution in [-0.4, -0.2) is 16.9 Å². The van der Waals surface area contributed by atoms with Crippen LogP contribution >= 0.6 is 11.6 Å². The van der Waals surface area contributed by atoms with Crippen molar-refractivity contribution in [2.75, 3.05) is 0 Å². The minimum absolute atomic E-state index is 0.0796. The highest BCUT2D eigenvalue weighted by atomic mass is 35.5. The molecule has 0 radical (unpaired) electrons. The molecule has 1 N–H and O–H groups in total. The van der Waals surface area contributed by atoms with E-state index in [9.17, 15) is 9.59 Å². The molecule has 15 heavy (non-hydrogen) atoms. The zero-order chi connectivity index (χ0) is 11.0. The molecule has 1 aliphatic rings. The van der Waals surface area contributed by atoms with Crippen LogP contribution in [0.3, 0.4) is 0 Å². The van der Waals surface area contributed by atoms with Crippen LogP contribution in [-0.2, 0) is 11.2 Å². The first-order valence-corrected chi connectivity index (χ1v) is 5.00. The predicted molar refractivity (Wildman–Crippen MR) is 55.2 cm³/mol. The van der Waals surface area contributed by atoms with Gasteiger partial charge in [0, 0.05) is 16.5 Å². The Bertz CT molecular complexity index is 439. The highest BCUT2D eigenvalue weighted by Gasteiger charge is 2.31. The van der Waals surface area contributed by atoms with Gasteiger partial charge < -0.3 is 5.11 Å². The molecule has 0 spiro atoms. The number of halogens is 1. The maximum atomic E-state index is 11.7. The SMILES string of the molecule is O=C(O)CC1Cc2cc(Cl)ccc2C1=O. The van der Waals surface area contributed by atoms with Gasteiger partial charge in [-0.2, -0.15) is 0 Å².